The lowest BCUT2D eigenvalue weighted by atomic mass is 9.87. The molecule has 0 saturated carbocycles. The molecule has 1 aromatic rings. The van der Waals surface area contributed by atoms with Gasteiger partial charge in [-0.05, 0) is 55.3 Å². The Morgan fingerprint density at radius 2 is 2.32 bits per heavy atom. The topological polar surface area (TPSA) is 41.5 Å². The van der Waals surface area contributed by atoms with Gasteiger partial charge < -0.3 is 15.2 Å². The third-order valence-electron chi connectivity index (χ3n) is 3.70. The molecule has 0 fully saturated rings. The zero-order valence-electron chi connectivity index (χ0n) is 11.7. The Morgan fingerprint density at radius 1 is 1.47 bits per heavy atom. The van der Waals surface area contributed by atoms with Crippen molar-refractivity contribution in [2.45, 2.75) is 30.6 Å². The number of benzene rings is 1. The summed E-state index contributed by atoms with van der Waals surface area (Å²) in [5.74, 6) is 1.98. The standard InChI is InChI=1S/C15H23NO2S/c1-16-15-13-6-5-12(18-2)10-11(13)4-7-14(15)19-9-3-8-17/h5-6,10,14-17H,3-4,7-9H2,1-2H3. The molecule has 2 N–H and O–H groups in total. The Bertz CT molecular complexity index is 411. The number of aryl methyl sites for hydroxylation is 1. The minimum Gasteiger partial charge on any atom is -0.497 e. The van der Waals surface area contributed by atoms with Crippen LogP contribution in [0.4, 0.5) is 0 Å². The molecule has 3 nitrogen and oxygen atoms in total. The molecule has 2 atom stereocenters. The monoisotopic (exact) mass is 281 g/mol. The molecule has 1 aromatic carbocycles. The summed E-state index contributed by atoms with van der Waals surface area (Å²) in [5.41, 5.74) is 2.80. The van der Waals surface area contributed by atoms with Gasteiger partial charge in [-0.2, -0.15) is 11.8 Å². The highest BCUT2D eigenvalue weighted by Gasteiger charge is 2.28. The van der Waals surface area contributed by atoms with Gasteiger partial charge in [-0.15, -0.1) is 0 Å². The van der Waals surface area contributed by atoms with E-state index in [2.05, 4.69) is 17.4 Å². The highest BCUT2D eigenvalue weighted by Crippen LogP contribution is 2.38. The molecule has 0 saturated heterocycles. The maximum atomic E-state index is 8.89. The van der Waals surface area contributed by atoms with Crippen molar-refractivity contribution in [1.29, 1.82) is 0 Å². The van der Waals surface area contributed by atoms with Crippen molar-refractivity contribution in [1.82, 2.24) is 5.32 Å². The van der Waals surface area contributed by atoms with E-state index in [1.165, 1.54) is 17.5 Å². The summed E-state index contributed by atoms with van der Waals surface area (Å²) in [4.78, 5) is 0. The second kappa shape index (κ2) is 7.17. The molecule has 1 aliphatic rings. The predicted octanol–water partition coefficient (Wildman–Crippen LogP) is 2.39. The lowest BCUT2D eigenvalue weighted by Gasteiger charge is -2.33. The first-order chi connectivity index (χ1) is 9.30. The number of thioether (sulfide) groups is 1. The highest BCUT2D eigenvalue weighted by molar-refractivity contribution is 7.99. The number of ether oxygens (including phenoxy) is 1. The second-order valence-corrected chi connectivity index (χ2v) is 6.20. The summed E-state index contributed by atoms with van der Waals surface area (Å²) in [7, 11) is 3.75. The summed E-state index contributed by atoms with van der Waals surface area (Å²) in [6.07, 6.45) is 3.18. The Hall–Kier alpha value is -0.710. The fourth-order valence-electron chi connectivity index (χ4n) is 2.71. The maximum Gasteiger partial charge on any atom is 0.119 e. The average molecular weight is 281 g/mol. The van der Waals surface area contributed by atoms with E-state index < -0.39 is 0 Å². The molecule has 0 aliphatic heterocycles. The van der Waals surface area contributed by atoms with Crippen molar-refractivity contribution in [2.24, 2.45) is 0 Å². The van der Waals surface area contributed by atoms with Crippen LogP contribution in [-0.4, -0.2) is 36.9 Å². The van der Waals surface area contributed by atoms with Crippen molar-refractivity contribution < 1.29 is 9.84 Å². The Kier molecular flexibility index (Phi) is 5.55. The average Bonchev–Trinajstić information content (AvgIpc) is 2.46. The molecule has 0 amide bonds. The maximum absolute atomic E-state index is 8.89. The minimum atomic E-state index is 0.289. The third kappa shape index (κ3) is 3.44. The summed E-state index contributed by atoms with van der Waals surface area (Å²) in [5, 5.41) is 12.9. The molecule has 0 radical (unpaired) electrons. The lowest BCUT2D eigenvalue weighted by molar-refractivity contribution is 0.296. The first-order valence-electron chi connectivity index (χ1n) is 6.86. The molecule has 0 spiro atoms. The van der Waals surface area contributed by atoms with E-state index in [4.69, 9.17) is 9.84 Å². The summed E-state index contributed by atoms with van der Waals surface area (Å²) in [6, 6.07) is 6.80. The smallest absolute Gasteiger partial charge is 0.119 e. The quantitative estimate of drug-likeness (QED) is 0.786. The van der Waals surface area contributed by atoms with Gasteiger partial charge in [-0.1, -0.05) is 6.07 Å². The molecule has 0 aromatic heterocycles. The molecule has 2 rings (SSSR count). The van der Waals surface area contributed by atoms with Crippen LogP contribution in [0.1, 0.15) is 30.0 Å². The van der Waals surface area contributed by atoms with Gasteiger partial charge in [-0.3, -0.25) is 0 Å². The van der Waals surface area contributed by atoms with Gasteiger partial charge in [0.1, 0.15) is 5.75 Å². The molecule has 4 heteroatoms. The SMILES string of the molecule is CNC1c2ccc(OC)cc2CCC1SCCCO. The van der Waals surface area contributed by atoms with E-state index in [1.807, 2.05) is 24.9 Å². The number of aliphatic hydroxyl groups excluding tert-OH is 1. The molecule has 0 bridgehead atoms. The van der Waals surface area contributed by atoms with Crippen LogP contribution in [0.3, 0.4) is 0 Å². The molecule has 1 aliphatic carbocycles. The number of hydrogen-bond donors (Lipinski definition) is 2. The van der Waals surface area contributed by atoms with Gasteiger partial charge in [-0.25, -0.2) is 0 Å². The zero-order valence-corrected chi connectivity index (χ0v) is 12.5. The zero-order chi connectivity index (χ0) is 13.7. The normalized spacial score (nSPS) is 22.1. The predicted molar refractivity (Wildman–Crippen MR) is 81.1 cm³/mol. The van der Waals surface area contributed by atoms with E-state index in [0.717, 1.165) is 24.3 Å². The summed E-state index contributed by atoms with van der Waals surface area (Å²) in [6.45, 7) is 0.289. The highest BCUT2D eigenvalue weighted by atomic mass is 32.2. The lowest BCUT2D eigenvalue weighted by Crippen LogP contribution is -2.32. The number of methoxy groups -OCH3 is 1. The van der Waals surface area contributed by atoms with Crippen LogP contribution in [0.25, 0.3) is 0 Å². The summed E-state index contributed by atoms with van der Waals surface area (Å²) < 4.78 is 5.30. The Balaban J connectivity index is 2.12. The first-order valence-corrected chi connectivity index (χ1v) is 7.91. The van der Waals surface area contributed by atoms with Gasteiger partial charge in [0.15, 0.2) is 0 Å². The molecule has 19 heavy (non-hydrogen) atoms. The van der Waals surface area contributed by atoms with Crippen LogP contribution in [0.2, 0.25) is 0 Å². The van der Waals surface area contributed by atoms with E-state index in [9.17, 15) is 0 Å². The van der Waals surface area contributed by atoms with Gasteiger partial charge in [0.25, 0.3) is 0 Å². The third-order valence-corrected chi connectivity index (χ3v) is 5.16. The molecular weight excluding hydrogens is 258 g/mol. The molecule has 0 heterocycles. The van der Waals surface area contributed by atoms with E-state index in [1.54, 1.807) is 7.11 Å². The van der Waals surface area contributed by atoms with Crippen LogP contribution >= 0.6 is 11.8 Å². The number of nitrogens with one attached hydrogen (secondary N) is 1. The van der Waals surface area contributed by atoms with Gasteiger partial charge in [0.05, 0.1) is 7.11 Å². The first kappa shape index (κ1) is 14.7. The molecule has 2 unspecified atom stereocenters. The minimum absolute atomic E-state index is 0.289. The van der Waals surface area contributed by atoms with E-state index >= 15 is 0 Å². The van der Waals surface area contributed by atoms with Crippen LogP contribution in [0.15, 0.2) is 18.2 Å². The largest absolute Gasteiger partial charge is 0.497 e. The Labute approximate surface area is 119 Å². The van der Waals surface area contributed by atoms with Crippen LogP contribution in [0.5, 0.6) is 5.75 Å². The van der Waals surface area contributed by atoms with Crippen LogP contribution < -0.4 is 10.1 Å². The number of fused-ring (bicyclic) bond motifs is 1. The van der Waals surface area contributed by atoms with Gasteiger partial charge >= 0.3 is 0 Å². The van der Waals surface area contributed by atoms with Gasteiger partial charge in [0, 0.05) is 17.9 Å². The number of rotatable bonds is 6. The number of aliphatic hydroxyl groups is 1. The van der Waals surface area contributed by atoms with Crippen molar-refractivity contribution in [3.8, 4) is 5.75 Å². The van der Waals surface area contributed by atoms with Crippen molar-refractivity contribution in [3.63, 3.8) is 0 Å². The molecular formula is C15H23NO2S. The fraction of sp³-hybridized carbons (Fsp3) is 0.600. The van der Waals surface area contributed by atoms with Crippen LogP contribution in [-0.2, 0) is 6.42 Å². The van der Waals surface area contributed by atoms with Gasteiger partial charge in [0.2, 0.25) is 0 Å². The second-order valence-electron chi connectivity index (χ2n) is 4.86. The Morgan fingerprint density at radius 3 is 3.00 bits per heavy atom. The van der Waals surface area contributed by atoms with E-state index in [-0.39, 0.29) is 6.61 Å². The number of hydrogen-bond acceptors (Lipinski definition) is 4. The summed E-state index contributed by atoms with van der Waals surface area (Å²) >= 11 is 1.97. The van der Waals surface area contributed by atoms with Crippen molar-refractivity contribution >= 4 is 11.8 Å². The van der Waals surface area contributed by atoms with E-state index in [0.29, 0.717) is 11.3 Å². The van der Waals surface area contributed by atoms with Crippen molar-refractivity contribution in [2.75, 3.05) is 26.5 Å². The fourth-order valence-corrected chi connectivity index (χ4v) is 4.07. The van der Waals surface area contributed by atoms with Crippen molar-refractivity contribution in [3.05, 3.63) is 29.3 Å². The molecule has 106 valence electrons. The van der Waals surface area contributed by atoms with Crippen LogP contribution in [0, 0.1) is 0 Å².